The van der Waals surface area contributed by atoms with Crippen LogP contribution in [0.5, 0.6) is 0 Å². The predicted molar refractivity (Wildman–Crippen MR) is 72.7 cm³/mol. The molecule has 2 unspecified atom stereocenters. The zero-order valence-corrected chi connectivity index (χ0v) is 11.3. The molecular weight excluding hydrogens is 216 g/mol. The molecule has 0 bridgehead atoms. The van der Waals surface area contributed by atoms with Gasteiger partial charge in [0.2, 0.25) is 0 Å². The molecule has 0 amide bonds. The molecule has 0 spiro atoms. The summed E-state index contributed by atoms with van der Waals surface area (Å²) < 4.78 is 0. The third-order valence-electron chi connectivity index (χ3n) is 2.44. The fourth-order valence-electron chi connectivity index (χ4n) is 1.25. The van der Waals surface area contributed by atoms with Gasteiger partial charge in [-0.1, -0.05) is 13.8 Å². The van der Waals surface area contributed by atoms with Crippen LogP contribution in [-0.2, 0) is 0 Å². The van der Waals surface area contributed by atoms with Gasteiger partial charge in [-0.15, -0.1) is 0 Å². The lowest BCUT2D eigenvalue weighted by Gasteiger charge is -2.18. The van der Waals surface area contributed by atoms with Crippen molar-refractivity contribution in [3.8, 4) is 0 Å². The minimum absolute atomic E-state index is 0.544. The SMILES string of the molecule is CC(C)C(S)CCC(CS)CCS. The van der Waals surface area contributed by atoms with Crippen LogP contribution < -0.4 is 0 Å². The second-order valence-corrected chi connectivity index (χ2v) is 5.43. The Labute approximate surface area is 99.5 Å². The Morgan fingerprint density at radius 3 is 2.00 bits per heavy atom. The first-order valence-electron chi connectivity index (χ1n) is 5.01. The highest BCUT2D eigenvalue weighted by Crippen LogP contribution is 2.21. The smallest absolute Gasteiger partial charge is 0.00399 e. The van der Waals surface area contributed by atoms with E-state index in [1.165, 1.54) is 19.3 Å². The lowest BCUT2D eigenvalue weighted by molar-refractivity contribution is 0.467. The molecule has 0 aromatic rings. The average molecular weight is 238 g/mol. The average Bonchev–Trinajstić information content (AvgIpc) is 2.11. The van der Waals surface area contributed by atoms with Crippen molar-refractivity contribution in [2.75, 3.05) is 11.5 Å². The van der Waals surface area contributed by atoms with Gasteiger partial charge in [0, 0.05) is 5.25 Å². The molecule has 0 rings (SSSR count). The highest BCUT2D eigenvalue weighted by molar-refractivity contribution is 7.81. The molecule has 3 heteroatoms. The molecule has 0 radical (unpaired) electrons. The van der Waals surface area contributed by atoms with Crippen LogP contribution in [0.15, 0.2) is 0 Å². The minimum Gasteiger partial charge on any atom is -0.179 e. The van der Waals surface area contributed by atoms with Crippen molar-refractivity contribution < 1.29 is 0 Å². The fourth-order valence-corrected chi connectivity index (χ4v) is 2.13. The van der Waals surface area contributed by atoms with E-state index in [1.807, 2.05) is 0 Å². The van der Waals surface area contributed by atoms with Crippen molar-refractivity contribution in [1.29, 1.82) is 0 Å². The van der Waals surface area contributed by atoms with E-state index >= 15 is 0 Å². The Morgan fingerprint density at radius 1 is 1.00 bits per heavy atom. The van der Waals surface area contributed by atoms with Crippen molar-refractivity contribution in [2.24, 2.45) is 11.8 Å². The van der Waals surface area contributed by atoms with Crippen LogP contribution in [0.4, 0.5) is 0 Å². The van der Waals surface area contributed by atoms with Crippen LogP contribution in [-0.4, -0.2) is 16.8 Å². The first-order chi connectivity index (χ1) is 6.11. The van der Waals surface area contributed by atoms with Crippen LogP contribution in [0, 0.1) is 11.8 Å². The lowest BCUT2D eigenvalue weighted by atomic mass is 9.97. The Hall–Kier alpha value is 1.05. The fraction of sp³-hybridized carbons (Fsp3) is 1.00. The summed E-state index contributed by atoms with van der Waals surface area (Å²) in [6.07, 6.45) is 3.64. The van der Waals surface area contributed by atoms with Crippen LogP contribution in [0.25, 0.3) is 0 Å². The lowest BCUT2D eigenvalue weighted by Crippen LogP contribution is -2.12. The highest BCUT2D eigenvalue weighted by atomic mass is 32.1. The maximum atomic E-state index is 4.56. The van der Waals surface area contributed by atoms with Crippen molar-refractivity contribution in [2.45, 2.75) is 38.4 Å². The summed E-state index contributed by atoms with van der Waals surface area (Å²) in [6.45, 7) is 4.46. The summed E-state index contributed by atoms with van der Waals surface area (Å²) in [5.74, 6) is 3.37. The van der Waals surface area contributed by atoms with Gasteiger partial charge in [0.05, 0.1) is 0 Å². The van der Waals surface area contributed by atoms with Crippen molar-refractivity contribution in [3.05, 3.63) is 0 Å². The molecule has 0 heterocycles. The zero-order valence-electron chi connectivity index (χ0n) is 8.61. The minimum atomic E-state index is 0.544. The molecule has 0 saturated carbocycles. The first kappa shape index (κ1) is 14.1. The van der Waals surface area contributed by atoms with E-state index < -0.39 is 0 Å². The Bertz CT molecular complexity index is 115. The van der Waals surface area contributed by atoms with E-state index in [1.54, 1.807) is 0 Å². The molecule has 13 heavy (non-hydrogen) atoms. The van der Waals surface area contributed by atoms with Gasteiger partial charge in [0.1, 0.15) is 0 Å². The van der Waals surface area contributed by atoms with E-state index in [2.05, 4.69) is 51.7 Å². The molecule has 2 atom stereocenters. The van der Waals surface area contributed by atoms with Crippen molar-refractivity contribution >= 4 is 37.9 Å². The quantitative estimate of drug-likeness (QED) is 0.555. The van der Waals surface area contributed by atoms with Crippen molar-refractivity contribution in [1.82, 2.24) is 0 Å². The largest absolute Gasteiger partial charge is 0.179 e. The third kappa shape index (κ3) is 7.03. The van der Waals surface area contributed by atoms with E-state index in [4.69, 9.17) is 0 Å². The molecule has 0 N–H and O–H groups in total. The topological polar surface area (TPSA) is 0 Å². The summed E-state index contributed by atoms with van der Waals surface area (Å²) in [6, 6.07) is 0. The number of rotatable bonds is 7. The zero-order chi connectivity index (χ0) is 10.3. The van der Waals surface area contributed by atoms with Gasteiger partial charge < -0.3 is 0 Å². The van der Waals surface area contributed by atoms with E-state index in [-0.39, 0.29) is 0 Å². The molecule has 0 aromatic heterocycles. The Morgan fingerprint density at radius 2 is 1.62 bits per heavy atom. The second-order valence-electron chi connectivity index (χ2n) is 3.95. The van der Waals surface area contributed by atoms with Gasteiger partial charge in [-0.05, 0) is 42.6 Å². The maximum Gasteiger partial charge on any atom is 0.00399 e. The van der Waals surface area contributed by atoms with Gasteiger partial charge in [0.25, 0.3) is 0 Å². The number of hydrogen-bond donors (Lipinski definition) is 3. The normalized spacial score (nSPS) is 16.2. The monoisotopic (exact) mass is 238 g/mol. The van der Waals surface area contributed by atoms with Gasteiger partial charge in [0.15, 0.2) is 0 Å². The molecule has 0 aliphatic heterocycles. The maximum absolute atomic E-state index is 4.56. The molecular formula is C10H22S3. The van der Waals surface area contributed by atoms with Gasteiger partial charge in [-0.2, -0.15) is 37.9 Å². The number of hydrogen-bond acceptors (Lipinski definition) is 3. The highest BCUT2D eigenvalue weighted by Gasteiger charge is 2.11. The molecule has 0 aliphatic rings. The second kappa shape index (κ2) is 8.37. The standard InChI is InChI=1S/C10H22S3/c1-8(2)10(13)4-3-9(7-12)5-6-11/h8-13H,3-7H2,1-2H3. The Kier molecular flexibility index (Phi) is 9.04. The van der Waals surface area contributed by atoms with Crippen molar-refractivity contribution in [3.63, 3.8) is 0 Å². The summed E-state index contributed by atoms with van der Waals surface area (Å²) in [7, 11) is 0. The van der Waals surface area contributed by atoms with Gasteiger partial charge >= 0.3 is 0 Å². The molecule has 0 fully saturated rings. The third-order valence-corrected chi connectivity index (χ3v) is 4.06. The van der Waals surface area contributed by atoms with Gasteiger partial charge in [-0.3, -0.25) is 0 Å². The Balaban J connectivity index is 3.58. The summed E-state index contributed by atoms with van der Waals surface area (Å²) in [5.41, 5.74) is 0. The van der Waals surface area contributed by atoms with Crippen LogP contribution in [0.1, 0.15) is 33.1 Å². The van der Waals surface area contributed by atoms with Crippen LogP contribution in [0.3, 0.4) is 0 Å². The summed E-state index contributed by atoms with van der Waals surface area (Å²) in [5, 5.41) is 0.544. The van der Waals surface area contributed by atoms with E-state index in [0.29, 0.717) is 11.2 Å². The molecule has 0 saturated heterocycles. The summed E-state index contributed by atoms with van der Waals surface area (Å²) >= 11 is 13.2. The molecule has 80 valence electrons. The van der Waals surface area contributed by atoms with E-state index in [0.717, 1.165) is 17.4 Å². The predicted octanol–water partition coefficient (Wildman–Crippen LogP) is 3.59. The number of thiol groups is 3. The molecule has 0 aliphatic carbocycles. The van der Waals surface area contributed by atoms with Crippen LogP contribution >= 0.6 is 37.9 Å². The molecule has 0 nitrogen and oxygen atoms in total. The van der Waals surface area contributed by atoms with Gasteiger partial charge in [-0.25, -0.2) is 0 Å². The molecule has 0 aromatic carbocycles. The first-order valence-corrected chi connectivity index (χ1v) is 6.79. The van der Waals surface area contributed by atoms with Crippen LogP contribution in [0.2, 0.25) is 0 Å². The van der Waals surface area contributed by atoms with E-state index in [9.17, 15) is 0 Å². The summed E-state index contributed by atoms with van der Waals surface area (Å²) in [4.78, 5) is 0.